The maximum Gasteiger partial charge on any atom is 0.336 e. The summed E-state index contributed by atoms with van der Waals surface area (Å²) in [6.45, 7) is 1.69. The van der Waals surface area contributed by atoms with E-state index in [4.69, 9.17) is 16.7 Å². The fourth-order valence-electron chi connectivity index (χ4n) is 1.25. The fourth-order valence-corrected chi connectivity index (χ4v) is 1.25. The van der Waals surface area contributed by atoms with Crippen molar-refractivity contribution in [1.82, 2.24) is 0 Å². The van der Waals surface area contributed by atoms with Crippen LogP contribution in [-0.2, 0) is 0 Å². The second-order valence-corrected chi connectivity index (χ2v) is 3.14. The molecule has 0 saturated heterocycles. The number of nitrogen functional groups attached to an aromatic ring is 1. The van der Waals surface area contributed by atoms with Crippen molar-refractivity contribution < 1.29 is 9.90 Å². The summed E-state index contributed by atoms with van der Waals surface area (Å²) < 4.78 is 0. The molecule has 0 radical (unpaired) electrons. The Morgan fingerprint density at radius 1 is 1.50 bits per heavy atom. The molecule has 0 amide bonds. The Hall–Kier alpha value is -1.75. The first-order chi connectivity index (χ1) is 6.43. The van der Waals surface area contributed by atoms with Crippen LogP contribution in [0.25, 0.3) is 0 Å². The van der Waals surface area contributed by atoms with Crippen LogP contribution in [0.4, 0.5) is 11.4 Å². The van der Waals surface area contributed by atoms with Gasteiger partial charge in [0, 0.05) is 7.05 Å². The molecule has 0 aliphatic heterocycles. The zero-order chi connectivity index (χ0) is 10.9. The van der Waals surface area contributed by atoms with Crippen LogP contribution in [-0.4, -0.2) is 18.1 Å². The van der Waals surface area contributed by atoms with Gasteiger partial charge in [-0.25, -0.2) is 10.6 Å². The monoisotopic (exact) mass is 195 g/mol. The van der Waals surface area contributed by atoms with Crippen molar-refractivity contribution >= 4 is 17.3 Å². The van der Waals surface area contributed by atoms with Gasteiger partial charge in [-0.15, -0.1) is 0 Å². The SMILES string of the molecule is Cc1cc(N)c(N(C)N)cc1C(=O)O. The molecule has 0 unspecified atom stereocenters. The van der Waals surface area contributed by atoms with Gasteiger partial charge in [-0.3, -0.25) is 0 Å². The van der Waals surface area contributed by atoms with Crippen LogP contribution in [0.3, 0.4) is 0 Å². The van der Waals surface area contributed by atoms with Crippen molar-refractivity contribution in [2.24, 2.45) is 5.84 Å². The number of aromatic carboxylic acids is 1. The van der Waals surface area contributed by atoms with Gasteiger partial charge < -0.3 is 15.8 Å². The van der Waals surface area contributed by atoms with E-state index in [-0.39, 0.29) is 5.56 Å². The summed E-state index contributed by atoms with van der Waals surface area (Å²) in [5.41, 5.74) is 7.49. The number of anilines is 2. The minimum atomic E-state index is -0.981. The normalized spacial score (nSPS) is 9.93. The Bertz CT molecular complexity index is 375. The van der Waals surface area contributed by atoms with Gasteiger partial charge in [0.15, 0.2) is 0 Å². The number of aryl methyl sites for hydroxylation is 1. The molecule has 0 atom stereocenters. The maximum absolute atomic E-state index is 10.8. The van der Waals surface area contributed by atoms with Crippen LogP contribution in [0.1, 0.15) is 15.9 Å². The van der Waals surface area contributed by atoms with E-state index in [0.29, 0.717) is 16.9 Å². The van der Waals surface area contributed by atoms with E-state index < -0.39 is 5.97 Å². The van der Waals surface area contributed by atoms with Crippen molar-refractivity contribution in [2.45, 2.75) is 6.92 Å². The molecule has 1 rings (SSSR count). The molecule has 0 aromatic heterocycles. The number of hydrazine groups is 1. The number of hydrogen-bond donors (Lipinski definition) is 3. The van der Waals surface area contributed by atoms with Crippen molar-refractivity contribution in [3.8, 4) is 0 Å². The highest BCUT2D eigenvalue weighted by molar-refractivity contribution is 5.92. The summed E-state index contributed by atoms with van der Waals surface area (Å²) in [5.74, 6) is 4.51. The van der Waals surface area contributed by atoms with Crippen LogP contribution in [0, 0.1) is 6.92 Å². The molecule has 14 heavy (non-hydrogen) atoms. The topological polar surface area (TPSA) is 92.6 Å². The molecular weight excluding hydrogens is 182 g/mol. The number of hydrogen-bond acceptors (Lipinski definition) is 4. The molecule has 0 aliphatic rings. The van der Waals surface area contributed by atoms with Crippen LogP contribution in [0.2, 0.25) is 0 Å². The third kappa shape index (κ3) is 1.77. The fraction of sp³-hybridized carbons (Fsp3) is 0.222. The smallest absolute Gasteiger partial charge is 0.336 e. The van der Waals surface area contributed by atoms with Crippen LogP contribution < -0.4 is 16.6 Å². The molecule has 0 fully saturated rings. The molecule has 0 spiro atoms. The molecule has 0 aliphatic carbocycles. The van der Waals surface area contributed by atoms with Crippen LogP contribution in [0.15, 0.2) is 12.1 Å². The summed E-state index contributed by atoms with van der Waals surface area (Å²) in [6, 6.07) is 3.06. The second kappa shape index (κ2) is 3.55. The zero-order valence-corrected chi connectivity index (χ0v) is 8.11. The first kappa shape index (κ1) is 10.3. The van der Waals surface area contributed by atoms with Gasteiger partial charge in [0.25, 0.3) is 0 Å². The third-order valence-corrected chi connectivity index (χ3v) is 1.98. The molecule has 1 aromatic carbocycles. The predicted octanol–water partition coefficient (Wildman–Crippen LogP) is 0.585. The average Bonchev–Trinajstić information content (AvgIpc) is 2.02. The molecule has 5 N–H and O–H groups in total. The highest BCUT2D eigenvalue weighted by atomic mass is 16.4. The molecule has 5 nitrogen and oxygen atoms in total. The molecule has 76 valence electrons. The van der Waals surface area contributed by atoms with E-state index in [2.05, 4.69) is 0 Å². The van der Waals surface area contributed by atoms with E-state index in [1.54, 1.807) is 20.0 Å². The van der Waals surface area contributed by atoms with E-state index >= 15 is 0 Å². The summed E-state index contributed by atoms with van der Waals surface area (Å²) in [6.07, 6.45) is 0. The molecule has 0 bridgehead atoms. The number of carboxylic acids is 1. The first-order valence-electron chi connectivity index (χ1n) is 4.05. The Morgan fingerprint density at radius 3 is 2.50 bits per heavy atom. The van der Waals surface area contributed by atoms with E-state index in [9.17, 15) is 4.79 Å². The van der Waals surface area contributed by atoms with Crippen molar-refractivity contribution in [3.63, 3.8) is 0 Å². The van der Waals surface area contributed by atoms with Gasteiger partial charge in [0.2, 0.25) is 0 Å². The predicted molar refractivity (Wildman–Crippen MR) is 55.1 cm³/mol. The highest BCUT2D eigenvalue weighted by Gasteiger charge is 2.11. The second-order valence-electron chi connectivity index (χ2n) is 3.14. The largest absolute Gasteiger partial charge is 0.478 e. The molecule has 0 saturated carbocycles. The Labute approximate surface area is 81.9 Å². The van der Waals surface area contributed by atoms with Gasteiger partial charge in [0.05, 0.1) is 16.9 Å². The van der Waals surface area contributed by atoms with Gasteiger partial charge in [0.1, 0.15) is 0 Å². The van der Waals surface area contributed by atoms with Crippen molar-refractivity contribution in [2.75, 3.05) is 17.8 Å². The molecule has 0 heterocycles. The first-order valence-corrected chi connectivity index (χ1v) is 4.05. The lowest BCUT2D eigenvalue weighted by Gasteiger charge is -2.16. The lowest BCUT2D eigenvalue weighted by Crippen LogP contribution is -2.26. The lowest BCUT2D eigenvalue weighted by molar-refractivity contribution is 0.0696. The van der Waals surface area contributed by atoms with Gasteiger partial charge in [-0.05, 0) is 24.6 Å². The minimum absolute atomic E-state index is 0.214. The summed E-state index contributed by atoms with van der Waals surface area (Å²) in [4.78, 5) is 10.8. The third-order valence-electron chi connectivity index (χ3n) is 1.98. The molecular formula is C9H13N3O2. The molecule has 1 aromatic rings. The van der Waals surface area contributed by atoms with Gasteiger partial charge in [-0.1, -0.05) is 0 Å². The summed E-state index contributed by atoms with van der Waals surface area (Å²) in [7, 11) is 1.60. The standard InChI is InChI=1S/C9H13N3O2/c1-5-3-7(10)8(12(2)11)4-6(5)9(13)14/h3-4H,10-11H2,1-2H3,(H,13,14). The van der Waals surface area contributed by atoms with Crippen molar-refractivity contribution in [3.05, 3.63) is 23.3 Å². The number of benzene rings is 1. The Morgan fingerprint density at radius 2 is 2.07 bits per heavy atom. The Kier molecular flexibility index (Phi) is 2.62. The number of nitrogens with two attached hydrogens (primary N) is 2. The minimum Gasteiger partial charge on any atom is -0.478 e. The van der Waals surface area contributed by atoms with E-state index in [0.717, 1.165) is 0 Å². The summed E-state index contributed by atoms with van der Waals surface area (Å²) >= 11 is 0. The number of nitrogens with zero attached hydrogens (tertiary/aromatic N) is 1. The maximum atomic E-state index is 10.8. The van der Waals surface area contributed by atoms with Crippen molar-refractivity contribution in [1.29, 1.82) is 0 Å². The number of rotatable bonds is 2. The van der Waals surface area contributed by atoms with Crippen LogP contribution >= 0.6 is 0 Å². The number of carboxylic acid groups (broad SMARTS) is 1. The van der Waals surface area contributed by atoms with E-state index in [1.807, 2.05) is 0 Å². The van der Waals surface area contributed by atoms with Gasteiger partial charge >= 0.3 is 5.97 Å². The quantitative estimate of drug-likeness (QED) is 0.365. The number of carbonyl (C=O) groups is 1. The van der Waals surface area contributed by atoms with Gasteiger partial charge in [-0.2, -0.15) is 0 Å². The van der Waals surface area contributed by atoms with Crippen LogP contribution in [0.5, 0.6) is 0 Å². The highest BCUT2D eigenvalue weighted by Crippen LogP contribution is 2.24. The zero-order valence-electron chi connectivity index (χ0n) is 8.11. The molecule has 5 heteroatoms. The average molecular weight is 195 g/mol. The summed E-state index contributed by atoms with van der Waals surface area (Å²) in [5, 5.41) is 10.2. The van der Waals surface area contributed by atoms with E-state index in [1.165, 1.54) is 11.1 Å². The Balaban J connectivity index is 3.34. The lowest BCUT2D eigenvalue weighted by atomic mass is 10.1.